The second kappa shape index (κ2) is 12.2. The zero-order chi connectivity index (χ0) is 36.7. The molecule has 0 spiro atoms. The van der Waals surface area contributed by atoms with Crippen molar-refractivity contribution in [2.24, 2.45) is 0 Å². The summed E-state index contributed by atoms with van der Waals surface area (Å²) in [4.78, 5) is 2.45. The van der Waals surface area contributed by atoms with Crippen LogP contribution in [0, 0.1) is 0 Å². The lowest BCUT2D eigenvalue weighted by Crippen LogP contribution is -2.10. The average molecular weight is 733 g/mol. The molecule has 3 aromatic heterocycles. The summed E-state index contributed by atoms with van der Waals surface area (Å²) in [5, 5.41) is 9.64. The van der Waals surface area contributed by atoms with Crippen LogP contribution in [0.25, 0.3) is 91.5 Å². The van der Waals surface area contributed by atoms with Gasteiger partial charge in [0.1, 0.15) is 11.2 Å². The molecule has 12 rings (SSSR count). The summed E-state index contributed by atoms with van der Waals surface area (Å²) in [6, 6.07) is 70.1. The molecule has 56 heavy (non-hydrogen) atoms. The predicted molar refractivity (Wildman–Crippen MR) is 239 cm³/mol. The Morgan fingerprint density at radius 2 is 1.14 bits per heavy atom. The molecule has 0 fully saturated rings. The lowest BCUT2D eigenvalue weighted by Gasteiger charge is -2.27. The zero-order valence-electron chi connectivity index (χ0n) is 30.2. The number of furan rings is 1. The summed E-state index contributed by atoms with van der Waals surface area (Å²) in [6.45, 7) is 0. The fourth-order valence-corrected chi connectivity index (χ4v) is 10.1. The number of aromatic nitrogens is 1. The Morgan fingerprint density at radius 3 is 1.98 bits per heavy atom. The molecule has 0 aliphatic heterocycles. The van der Waals surface area contributed by atoms with Gasteiger partial charge in [-0.25, -0.2) is 0 Å². The Hall–Kier alpha value is -7.14. The maximum absolute atomic E-state index is 6.95. The molecule has 3 heterocycles. The van der Waals surface area contributed by atoms with E-state index in [0.717, 1.165) is 55.8 Å². The number of nitrogens with zero attached hydrogens (tertiary/aromatic N) is 2. The SMILES string of the molecule is c1cc(-c2ccc(N(c3ccc4ccccc4c3)c3cccc4c3sc3ccccc34)c3c2oc2ccccc23)cc(-n2c3ccccc3c3ccccc32)c1. The number of fused-ring (bicyclic) bond motifs is 10. The minimum Gasteiger partial charge on any atom is -0.455 e. The van der Waals surface area contributed by atoms with E-state index in [1.54, 1.807) is 0 Å². The number of benzene rings is 9. The molecule has 0 unspecified atom stereocenters. The highest BCUT2D eigenvalue weighted by atomic mass is 32.1. The van der Waals surface area contributed by atoms with Gasteiger partial charge in [0.05, 0.1) is 32.5 Å². The van der Waals surface area contributed by atoms with Crippen molar-refractivity contribution in [1.82, 2.24) is 4.57 Å². The summed E-state index contributed by atoms with van der Waals surface area (Å²) >= 11 is 1.85. The summed E-state index contributed by atoms with van der Waals surface area (Å²) in [5.41, 5.74) is 10.7. The third kappa shape index (κ3) is 4.63. The first-order chi connectivity index (χ1) is 27.8. The Morgan fingerprint density at radius 1 is 0.464 bits per heavy atom. The van der Waals surface area contributed by atoms with Gasteiger partial charge in [-0.2, -0.15) is 0 Å². The third-order valence-electron chi connectivity index (χ3n) is 11.4. The summed E-state index contributed by atoms with van der Waals surface area (Å²) in [5.74, 6) is 0. The van der Waals surface area contributed by atoms with E-state index in [2.05, 4.69) is 204 Å². The van der Waals surface area contributed by atoms with Crippen molar-refractivity contribution in [1.29, 1.82) is 0 Å². The van der Waals surface area contributed by atoms with Gasteiger partial charge in [0, 0.05) is 48.6 Å². The van der Waals surface area contributed by atoms with Crippen molar-refractivity contribution >= 4 is 103 Å². The van der Waals surface area contributed by atoms with Gasteiger partial charge in [-0.15, -0.1) is 11.3 Å². The van der Waals surface area contributed by atoms with Crippen LogP contribution >= 0.6 is 11.3 Å². The molecule has 12 aromatic rings. The summed E-state index contributed by atoms with van der Waals surface area (Å²) in [6.07, 6.45) is 0. The van der Waals surface area contributed by atoms with Gasteiger partial charge in [-0.05, 0) is 83.1 Å². The first-order valence-electron chi connectivity index (χ1n) is 19.0. The predicted octanol–water partition coefficient (Wildman–Crippen LogP) is 15.3. The number of anilines is 3. The maximum atomic E-state index is 6.95. The van der Waals surface area contributed by atoms with E-state index in [9.17, 15) is 0 Å². The molecule has 0 bridgehead atoms. The van der Waals surface area contributed by atoms with Gasteiger partial charge < -0.3 is 13.9 Å². The van der Waals surface area contributed by atoms with Gasteiger partial charge in [0.15, 0.2) is 0 Å². The Labute approximate surface area is 326 Å². The molecule has 9 aromatic carbocycles. The molecule has 0 saturated heterocycles. The largest absolute Gasteiger partial charge is 0.455 e. The lowest BCUT2D eigenvalue weighted by molar-refractivity contribution is 0.670. The fraction of sp³-hybridized carbons (Fsp3) is 0. The van der Waals surface area contributed by atoms with E-state index in [1.807, 2.05) is 11.3 Å². The van der Waals surface area contributed by atoms with Crippen LogP contribution in [-0.4, -0.2) is 4.57 Å². The zero-order valence-corrected chi connectivity index (χ0v) is 31.0. The quantitative estimate of drug-likeness (QED) is 0.176. The molecular formula is C52H32N2OS. The van der Waals surface area contributed by atoms with Crippen LogP contribution in [0.15, 0.2) is 199 Å². The minimum absolute atomic E-state index is 0.869. The van der Waals surface area contributed by atoms with Crippen LogP contribution in [0.2, 0.25) is 0 Å². The number of para-hydroxylation sites is 3. The monoisotopic (exact) mass is 732 g/mol. The van der Waals surface area contributed by atoms with Gasteiger partial charge in [0.2, 0.25) is 0 Å². The van der Waals surface area contributed by atoms with Crippen LogP contribution in [0.5, 0.6) is 0 Å². The second-order valence-electron chi connectivity index (χ2n) is 14.5. The number of hydrogen-bond donors (Lipinski definition) is 0. The normalized spacial score (nSPS) is 11.9. The van der Waals surface area contributed by atoms with Crippen LogP contribution in [-0.2, 0) is 0 Å². The average Bonchev–Trinajstić information content (AvgIpc) is 3.94. The molecule has 0 aliphatic rings. The lowest BCUT2D eigenvalue weighted by atomic mass is 9.99. The molecule has 0 atom stereocenters. The van der Waals surface area contributed by atoms with Crippen molar-refractivity contribution in [3.8, 4) is 16.8 Å². The van der Waals surface area contributed by atoms with Crippen molar-refractivity contribution < 1.29 is 4.42 Å². The van der Waals surface area contributed by atoms with Gasteiger partial charge in [0.25, 0.3) is 0 Å². The molecule has 0 amide bonds. The molecule has 0 saturated carbocycles. The van der Waals surface area contributed by atoms with E-state index < -0.39 is 0 Å². The first-order valence-corrected chi connectivity index (χ1v) is 19.8. The van der Waals surface area contributed by atoms with Gasteiger partial charge in [-0.1, -0.05) is 127 Å². The second-order valence-corrected chi connectivity index (χ2v) is 15.5. The van der Waals surface area contributed by atoms with Gasteiger partial charge in [-0.3, -0.25) is 0 Å². The molecule has 262 valence electrons. The number of rotatable bonds is 5. The van der Waals surface area contributed by atoms with Crippen molar-refractivity contribution in [2.45, 2.75) is 0 Å². The van der Waals surface area contributed by atoms with Gasteiger partial charge >= 0.3 is 0 Å². The summed E-state index contributed by atoms with van der Waals surface area (Å²) < 4.78 is 11.9. The number of hydrogen-bond acceptors (Lipinski definition) is 3. The third-order valence-corrected chi connectivity index (χ3v) is 12.6. The van der Waals surface area contributed by atoms with E-state index in [0.29, 0.717) is 0 Å². The van der Waals surface area contributed by atoms with Crippen LogP contribution in [0.4, 0.5) is 17.1 Å². The Kier molecular flexibility index (Phi) is 6.80. The molecule has 0 aliphatic carbocycles. The van der Waals surface area contributed by atoms with Crippen LogP contribution in [0.3, 0.4) is 0 Å². The number of thiophene rings is 1. The standard InChI is InChI=1S/C52H32N2OS/c1-2-14-34-31-37(28-27-33(34)13-1)54(47-24-12-21-42-41-19-6-10-26-49(41)56-52(42)47)46-30-29-38(51-50(46)43-20-5-9-25-48(43)55-51)35-15-11-16-36(32-35)53-44-22-7-3-17-39(44)40-18-4-8-23-45(40)53/h1-32H. The van der Waals surface area contributed by atoms with Crippen LogP contribution in [0.1, 0.15) is 0 Å². The van der Waals surface area contributed by atoms with Crippen LogP contribution < -0.4 is 4.90 Å². The van der Waals surface area contributed by atoms with E-state index >= 15 is 0 Å². The highest BCUT2D eigenvalue weighted by Gasteiger charge is 2.25. The highest BCUT2D eigenvalue weighted by Crippen LogP contribution is 2.50. The Balaban J connectivity index is 1.13. The highest BCUT2D eigenvalue weighted by molar-refractivity contribution is 7.26. The summed E-state index contributed by atoms with van der Waals surface area (Å²) in [7, 11) is 0. The van der Waals surface area contributed by atoms with E-state index in [1.165, 1.54) is 52.8 Å². The molecule has 4 heteroatoms. The minimum atomic E-state index is 0.869. The molecular weight excluding hydrogens is 701 g/mol. The van der Waals surface area contributed by atoms with Crippen molar-refractivity contribution in [2.75, 3.05) is 4.90 Å². The van der Waals surface area contributed by atoms with E-state index in [-0.39, 0.29) is 0 Å². The molecule has 3 nitrogen and oxygen atoms in total. The first kappa shape index (κ1) is 31.2. The smallest absolute Gasteiger partial charge is 0.145 e. The van der Waals surface area contributed by atoms with E-state index in [4.69, 9.17) is 4.42 Å². The fourth-order valence-electron chi connectivity index (χ4n) is 8.87. The van der Waals surface area contributed by atoms with Crippen molar-refractivity contribution in [3.63, 3.8) is 0 Å². The molecule has 0 radical (unpaired) electrons. The maximum Gasteiger partial charge on any atom is 0.145 e. The topological polar surface area (TPSA) is 21.3 Å². The Bertz CT molecular complexity index is 3460. The molecule has 0 N–H and O–H groups in total. The van der Waals surface area contributed by atoms with Crippen molar-refractivity contribution in [3.05, 3.63) is 194 Å².